The molecule has 2 rings (SSSR count). The van der Waals surface area contributed by atoms with Crippen LogP contribution in [0.1, 0.15) is 20.3 Å². The van der Waals surface area contributed by atoms with Crippen LogP contribution < -0.4 is 10.6 Å². The Kier molecular flexibility index (Phi) is 5.30. The number of nitrogens with zero attached hydrogens (tertiary/aromatic N) is 3. The van der Waals surface area contributed by atoms with E-state index < -0.39 is 0 Å². The minimum absolute atomic E-state index is 0.0771. The highest BCUT2D eigenvalue weighted by atomic mass is 35.5. The van der Waals surface area contributed by atoms with Crippen molar-refractivity contribution in [3.63, 3.8) is 0 Å². The van der Waals surface area contributed by atoms with Gasteiger partial charge in [-0.1, -0.05) is 25.4 Å². The molecule has 7 heteroatoms. The van der Waals surface area contributed by atoms with Gasteiger partial charge in [-0.15, -0.1) is 0 Å². The van der Waals surface area contributed by atoms with Crippen molar-refractivity contribution in [2.45, 2.75) is 26.3 Å². The topological polar surface area (TPSA) is 71.8 Å². The van der Waals surface area contributed by atoms with Gasteiger partial charge in [-0.3, -0.25) is 4.79 Å². The summed E-state index contributed by atoms with van der Waals surface area (Å²) in [6, 6.07) is 5.59. The number of carbonyl (C=O) groups is 1. The van der Waals surface area contributed by atoms with Crippen LogP contribution in [0, 0.1) is 0 Å². The van der Waals surface area contributed by atoms with Crippen molar-refractivity contribution >= 4 is 23.2 Å². The zero-order valence-corrected chi connectivity index (χ0v) is 12.8. The number of carbonyl (C=O) groups excluding carboxylic acids is 1. The molecule has 2 aromatic rings. The second-order valence-electron chi connectivity index (χ2n) is 4.91. The molecule has 0 aliphatic heterocycles. The van der Waals surface area contributed by atoms with E-state index >= 15 is 0 Å². The lowest BCUT2D eigenvalue weighted by Crippen LogP contribution is -2.27. The summed E-state index contributed by atoms with van der Waals surface area (Å²) in [6.07, 6.45) is 3.40. The predicted octanol–water partition coefficient (Wildman–Crippen LogP) is 2.25. The smallest absolute Gasteiger partial charge is 0.225 e. The molecule has 6 nitrogen and oxygen atoms in total. The summed E-state index contributed by atoms with van der Waals surface area (Å²) in [5, 5.41) is 10.7. The van der Waals surface area contributed by atoms with Crippen molar-refractivity contribution in [1.82, 2.24) is 20.1 Å². The van der Waals surface area contributed by atoms with Crippen molar-refractivity contribution in [1.29, 1.82) is 0 Å². The highest BCUT2D eigenvalue weighted by Gasteiger charge is 2.10. The van der Waals surface area contributed by atoms with E-state index in [-0.39, 0.29) is 5.91 Å². The molecule has 0 aliphatic rings. The summed E-state index contributed by atoms with van der Waals surface area (Å²) < 4.78 is 1.58. The van der Waals surface area contributed by atoms with Crippen LogP contribution >= 0.6 is 11.6 Å². The maximum Gasteiger partial charge on any atom is 0.225 e. The Bertz CT molecular complexity index is 597. The molecule has 0 saturated heterocycles. The maximum atomic E-state index is 12.0. The normalized spacial score (nSPS) is 10.9. The third-order valence-electron chi connectivity index (χ3n) is 2.80. The Labute approximate surface area is 128 Å². The highest BCUT2D eigenvalue weighted by Crippen LogP contribution is 2.23. The van der Waals surface area contributed by atoms with Gasteiger partial charge in [0.15, 0.2) is 0 Å². The van der Waals surface area contributed by atoms with E-state index in [4.69, 9.17) is 11.6 Å². The van der Waals surface area contributed by atoms with E-state index in [0.29, 0.717) is 29.7 Å². The number of amides is 1. The first-order chi connectivity index (χ1) is 10.1. The molecule has 21 heavy (non-hydrogen) atoms. The molecule has 0 unspecified atom stereocenters. The number of nitrogens with one attached hydrogen (secondary N) is 2. The van der Waals surface area contributed by atoms with Gasteiger partial charge in [0.25, 0.3) is 0 Å². The van der Waals surface area contributed by atoms with Gasteiger partial charge >= 0.3 is 0 Å². The zero-order chi connectivity index (χ0) is 15.2. The predicted molar refractivity (Wildman–Crippen MR) is 82.8 cm³/mol. The first-order valence-corrected chi connectivity index (χ1v) is 7.12. The fourth-order valence-corrected chi connectivity index (χ4v) is 2.00. The molecule has 112 valence electrons. The average molecular weight is 308 g/mol. The summed E-state index contributed by atoms with van der Waals surface area (Å²) in [5.74, 6) is -0.0771. The third-order valence-corrected chi connectivity index (χ3v) is 3.04. The van der Waals surface area contributed by atoms with E-state index in [0.717, 1.165) is 5.69 Å². The molecule has 0 radical (unpaired) electrons. The minimum atomic E-state index is -0.0771. The standard InChI is InChI=1S/C14H18ClN5O/c1-10(2)17-6-5-14(21)19-12-7-11(15)3-4-13(12)20-9-16-8-18-20/h3-4,7-10,17H,5-6H2,1-2H3,(H,19,21). The summed E-state index contributed by atoms with van der Waals surface area (Å²) in [6.45, 7) is 4.71. The van der Waals surface area contributed by atoms with Gasteiger partial charge in [-0.2, -0.15) is 5.10 Å². The highest BCUT2D eigenvalue weighted by molar-refractivity contribution is 6.31. The average Bonchev–Trinajstić information content (AvgIpc) is 2.92. The lowest BCUT2D eigenvalue weighted by molar-refractivity contribution is -0.116. The van der Waals surface area contributed by atoms with E-state index in [1.165, 1.54) is 6.33 Å². The first-order valence-electron chi connectivity index (χ1n) is 6.74. The second-order valence-corrected chi connectivity index (χ2v) is 5.34. The molecular weight excluding hydrogens is 290 g/mol. The van der Waals surface area contributed by atoms with Crippen molar-refractivity contribution in [3.8, 4) is 5.69 Å². The number of benzene rings is 1. The third kappa shape index (κ3) is 4.54. The van der Waals surface area contributed by atoms with E-state index in [1.807, 2.05) is 13.8 Å². The minimum Gasteiger partial charge on any atom is -0.324 e. The Morgan fingerprint density at radius 2 is 2.24 bits per heavy atom. The molecule has 0 saturated carbocycles. The molecule has 1 heterocycles. The van der Waals surface area contributed by atoms with Crippen LogP contribution in [0.5, 0.6) is 0 Å². The second kappa shape index (κ2) is 7.19. The maximum absolute atomic E-state index is 12.0. The van der Waals surface area contributed by atoms with Gasteiger partial charge in [0.1, 0.15) is 12.7 Å². The van der Waals surface area contributed by atoms with Gasteiger partial charge in [-0.25, -0.2) is 9.67 Å². The molecular formula is C14H18ClN5O. The molecule has 2 N–H and O–H groups in total. The molecule has 0 aliphatic carbocycles. The van der Waals surface area contributed by atoms with E-state index in [1.54, 1.807) is 29.2 Å². The number of hydrogen-bond acceptors (Lipinski definition) is 4. The fraction of sp³-hybridized carbons (Fsp3) is 0.357. The van der Waals surface area contributed by atoms with Crippen LogP contribution in [-0.4, -0.2) is 33.3 Å². The summed E-state index contributed by atoms with van der Waals surface area (Å²) in [7, 11) is 0. The van der Waals surface area contributed by atoms with Crippen molar-refractivity contribution in [3.05, 3.63) is 35.9 Å². The summed E-state index contributed by atoms with van der Waals surface area (Å²) >= 11 is 6.00. The van der Waals surface area contributed by atoms with Crippen molar-refractivity contribution < 1.29 is 4.79 Å². The monoisotopic (exact) mass is 307 g/mol. The molecule has 1 aromatic heterocycles. The quantitative estimate of drug-likeness (QED) is 0.858. The zero-order valence-electron chi connectivity index (χ0n) is 12.0. The number of rotatable bonds is 6. The first kappa shape index (κ1) is 15.5. The van der Waals surface area contributed by atoms with Crippen LogP contribution in [0.4, 0.5) is 5.69 Å². The number of halogens is 1. The largest absolute Gasteiger partial charge is 0.324 e. The summed E-state index contributed by atoms with van der Waals surface area (Å²) in [4.78, 5) is 15.9. The number of anilines is 1. The Morgan fingerprint density at radius 3 is 2.90 bits per heavy atom. The van der Waals surface area contributed by atoms with Crippen LogP contribution in [0.25, 0.3) is 5.69 Å². The van der Waals surface area contributed by atoms with Gasteiger partial charge in [-0.05, 0) is 18.2 Å². The lowest BCUT2D eigenvalue weighted by Gasteiger charge is -2.12. The van der Waals surface area contributed by atoms with E-state index in [9.17, 15) is 4.79 Å². The van der Waals surface area contributed by atoms with Crippen LogP contribution in [0.3, 0.4) is 0 Å². The Hall–Kier alpha value is -1.92. The molecule has 0 atom stereocenters. The lowest BCUT2D eigenvalue weighted by atomic mass is 10.2. The van der Waals surface area contributed by atoms with E-state index in [2.05, 4.69) is 20.7 Å². The molecule has 1 amide bonds. The van der Waals surface area contributed by atoms with Gasteiger partial charge in [0.2, 0.25) is 5.91 Å². The van der Waals surface area contributed by atoms with Gasteiger partial charge < -0.3 is 10.6 Å². The van der Waals surface area contributed by atoms with Crippen molar-refractivity contribution in [2.75, 3.05) is 11.9 Å². The number of hydrogen-bond donors (Lipinski definition) is 2. The fourth-order valence-electron chi connectivity index (χ4n) is 1.83. The van der Waals surface area contributed by atoms with Crippen LogP contribution in [-0.2, 0) is 4.79 Å². The number of aromatic nitrogens is 3. The van der Waals surface area contributed by atoms with Crippen molar-refractivity contribution in [2.24, 2.45) is 0 Å². The van der Waals surface area contributed by atoms with Crippen LogP contribution in [0.2, 0.25) is 5.02 Å². The molecule has 0 bridgehead atoms. The molecule has 0 spiro atoms. The Balaban J connectivity index is 2.08. The SMILES string of the molecule is CC(C)NCCC(=O)Nc1cc(Cl)ccc1-n1cncn1. The van der Waals surface area contributed by atoms with Crippen LogP contribution in [0.15, 0.2) is 30.9 Å². The Morgan fingerprint density at radius 1 is 1.43 bits per heavy atom. The van der Waals surface area contributed by atoms with Gasteiger partial charge in [0, 0.05) is 24.0 Å². The summed E-state index contributed by atoms with van der Waals surface area (Å²) in [5.41, 5.74) is 1.34. The van der Waals surface area contributed by atoms with Gasteiger partial charge in [0.05, 0.1) is 11.4 Å². The molecule has 1 aromatic carbocycles. The molecule has 0 fully saturated rings.